The number of nitrogens with one attached hydrogen (secondary N) is 2. The zero-order valence-corrected chi connectivity index (χ0v) is 15.3. The number of carbonyl (C=O) groups excluding carboxylic acids is 2. The van der Waals surface area contributed by atoms with Crippen molar-refractivity contribution in [3.63, 3.8) is 0 Å². The molecule has 0 fully saturated rings. The molecular weight excluding hydrogens is 354 g/mol. The Balaban J connectivity index is 1.65. The summed E-state index contributed by atoms with van der Waals surface area (Å²) in [6.07, 6.45) is 0.820. The molecule has 3 amide bonds. The molecule has 136 valence electrons. The number of para-hydroxylation sites is 1. The van der Waals surface area contributed by atoms with E-state index in [1.54, 1.807) is 30.0 Å². The van der Waals surface area contributed by atoms with Crippen LogP contribution in [0.5, 0.6) is 5.75 Å². The highest BCUT2D eigenvalue weighted by molar-refractivity contribution is 6.31. The number of amides is 3. The van der Waals surface area contributed by atoms with Crippen molar-refractivity contribution < 1.29 is 14.3 Å². The Morgan fingerprint density at radius 2 is 2.00 bits per heavy atom. The molecule has 0 spiro atoms. The van der Waals surface area contributed by atoms with Gasteiger partial charge in [0.15, 0.2) is 0 Å². The molecule has 1 aliphatic heterocycles. The van der Waals surface area contributed by atoms with Crippen LogP contribution in [0.3, 0.4) is 0 Å². The Kier molecular flexibility index (Phi) is 5.32. The molecule has 0 saturated carbocycles. The highest BCUT2D eigenvalue weighted by atomic mass is 35.5. The second-order valence-electron chi connectivity index (χ2n) is 6.03. The maximum Gasteiger partial charge on any atom is 0.319 e. The lowest BCUT2D eigenvalue weighted by Gasteiger charge is -2.22. The first-order valence-corrected chi connectivity index (χ1v) is 8.67. The van der Waals surface area contributed by atoms with Gasteiger partial charge in [-0.2, -0.15) is 0 Å². The minimum Gasteiger partial charge on any atom is -0.495 e. The molecule has 1 heterocycles. The fraction of sp³-hybridized carbons (Fsp3) is 0.263. The number of fused-ring (bicyclic) bond motifs is 1. The molecule has 1 aliphatic rings. The van der Waals surface area contributed by atoms with Gasteiger partial charge in [0.05, 0.1) is 12.8 Å². The molecule has 2 N–H and O–H groups in total. The number of carbonyl (C=O) groups is 2. The van der Waals surface area contributed by atoms with E-state index in [2.05, 4.69) is 10.6 Å². The maximum atomic E-state index is 12.7. The van der Waals surface area contributed by atoms with Gasteiger partial charge >= 0.3 is 6.03 Å². The summed E-state index contributed by atoms with van der Waals surface area (Å²) in [4.78, 5) is 26.7. The van der Waals surface area contributed by atoms with Crippen molar-refractivity contribution in [1.82, 2.24) is 5.32 Å². The Hall–Kier alpha value is -2.73. The molecule has 2 aromatic carbocycles. The topological polar surface area (TPSA) is 70.7 Å². The van der Waals surface area contributed by atoms with Gasteiger partial charge in [0, 0.05) is 17.3 Å². The first-order valence-electron chi connectivity index (χ1n) is 8.30. The van der Waals surface area contributed by atoms with E-state index in [0.29, 0.717) is 23.0 Å². The Morgan fingerprint density at radius 1 is 1.23 bits per heavy atom. The van der Waals surface area contributed by atoms with Gasteiger partial charge in [0.1, 0.15) is 11.8 Å². The number of hydrogen-bond donors (Lipinski definition) is 2. The number of ether oxygens (including phenoxy) is 1. The van der Waals surface area contributed by atoms with Gasteiger partial charge in [-0.3, -0.25) is 4.79 Å². The third-order valence-electron chi connectivity index (χ3n) is 4.28. The van der Waals surface area contributed by atoms with Gasteiger partial charge in [-0.15, -0.1) is 0 Å². The predicted octanol–water partition coefficient (Wildman–Crippen LogP) is 3.45. The molecule has 26 heavy (non-hydrogen) atoms. The number of halogens is 1. The Labute approximate surface area is 157 Å². The highest BCUT2D eigenvalue weighted by Crippen LogP contribution is 2.29. The number of rotatable bonds is 4. The van der Waals surface area contributed by atoms with Crippen LogP contribution in [0.25, 0.3) is 0 Å². The third kappa shape index (κ3) is 3.75. The van der Waals surface area contributed by atoms with Crippen LogP contribution in [-0.2, 0) is 11.2 Å². The SMILES string of the molecule is COc1ccc(Cl)cc1NC(=O)N[C@@H](C)C(=O)N1CCc2ccccc21. The monoisotopic (exact) mass is 373 g/mol. The third-order valence-corrected chi connectivity index (χ3v) is 4.52. The first kappa shape index (κ1) is 18.1. The van der Waals surface area contributed by atoms with Crippen molar-refractivity contribution in [3.05, 3.63) is 53.1 Å². The van der Waals surface area contributed by atoms with Crippen LogP contribution in [0.1, 0.15) is 12.5 Å². The van der Waals surface area contributed by atoms with Crippen molar-refractivity contribution in [3.8, 4) is 5.75 Å². The average molecular weight is 374 g/mol. The summed E-state index contributed by atoms with van der Waals surface area (Å²) in [6, 6.07) is 11.5. The van der Waals surface area contributed by atoms with Gasteiger partial charge in [-0.1, -0.05) is 29.8 Å². The molecule has 1 atom stereocenters. The van der Waals surface area contributed by atoms with E-state index in [9.17, 15) is 9.59 Å². The fourth-order valence-corrected chi connectivity index (χ4v) is 3.17. The number of benzene rings is 2. The van der Waals surface area contributed by atoms with Crippen molar-refractivity contribution in [1.29, 1.82) is 0 Å². The molecular formula is C19H20ClN3O3. The number of urea groups is 1. The maximum absolute atomic E-state index is 12.7. The van der Waals surface area contributed by atoms with E-state index in [1.165, 1.54) is 7.11 Å². The lowest BCUT2D eigenvalue weighted by Crippen LogP contribution is -2.47. The van der Waals surface area contributed by atoms with E-state index in [0.717, 1.165) is 17.7 Å². The van der Waals surface area contributed by atoms with Crippen LogP contribution in [-0.4, -0.2) is 31.6 Å². The van der Waals surface area contributed by atoms with Crippen LogP contribution in [0, 0.1) is 0 Å². The zero-order chi connectivity index (χ0) is 18.7. The molecule has 6 nitrogen and oxygen atoms in total. The summed E-state index contributed by atoms with van der Waals surface area (Å²) in [5, 5.41) is 5.81. The van der Waals surface area contributed by atoms with Crippen molar-refractivity contribution >= 4 is 34.9 Å². The molecule has 0 aromatic heterocycles. The summed E-state index contributed by atoms with van der Waals surface area (Å²) in [5.41, 5.74) is 2.48. The van der Waals surface area contributed by atoms with Crippen molar-refractivity contribution in [2.24, 2.45) is 0 Å². The summed E-state index contributed by atoms with van der Waals surface area (Å²) in [7, 11) is 1.50. The van der Waals surface area contributed by atoms with Gasteiger partial charge in [-0.05, 0) is 43.2 Å². The summed E-state index contributed by atoms with van der Waals surface area (Å²) in [6.45, 7) is 2.28. The molecule has 3 rings (SSSR count). The Bertz CT molecular complexity index is 841. The number of hydrogen-bond acceptors (Lipinski definition) is 3. The van der Waals surface area contributed by atoms with Crippen LogP contribution >= 0.6 is 11.6 Å². The lowest BCUT2D eigenvalue weighted by molar-refractivity contribution is -0.119. The van der Waals surface area contributed by atoms with E-state index in [-0.39, 0.29) is 5.91 Å². The van der Waals surface area contributed by atoms with Gasteiger partial charge in [-0.25, -0.2) is 4.79 Å². The number of methoxy groups -OCH3 is 1. The minimum absolute atomic E-state index is 0.150. The van der Waals surface area contributed by atoms with Gasteiger partial charge in [0.2, 0.25) is 5.91 Å². The second-order valence-corrected chi connectivity index (χ2v) is 6.47. The van der Waals surface area contributed by atoms with Crippen molar-refractivity contribution in [2.75, 3.05) is 23.9 Å². The molecule has 0 radical (unpaired) electrons. The van der Waals surface area contributed by atoms with Crippen LogP contribution < -0.4 is 20.3 Å². The molecule has 0 aliphatic carbocycles. The summed E-state index contributed by atoms with van der Waals surface area (Å²) >= 11 is 5.96. The van der Waals surface area contributed by atoms with Crippen molar-refractivity contribution in [2.45, 2.75) is 19.4 Å². The molecule has 0 unspecified atom stereocenters. The van der Waals surface area contributed by atoms with Gasteiger partial charge < -0.3 is 20.3 Å². The second kappa shape index (κ2) is 7.66. The smallest absolute Gasteiger partial charge is 0.319 e. The lowest BCUT2D eigenvalue weighted by atomic mass is 10.2. The molecule has 7 heteroatoms. The first-order chi connectivity index (χ1) is 12.5. The summed E-state index contributed by atoms with van der Waals surface area (Å²) < 4.78 is 5.20. The molecule has 0 bridgehead atoms. The number of anilines is 2. The van der Waals surface area contributed by atoms with Gasteiger partial charge in [0.25, 0.3) is 0 Å². The normalized spacial score (nSPS) is 13.7. The van der Waals surface area contributed by atoms with E-state index < -0.39 is 12.1 Å². The quantitative estimate of drug-likeness (QED) is 0.862. The zero-order valence-electron chi connectivity index (χ0n) is 14.6. The summed E-state index contributed by atoms with van der Waals surface area (Å²) in [5.74, 6) is 0.333. The fourth-order valence-electron chi connectivity index (χ4n) is 3.00. The van der Waals surface area contributed by atoms with E-state index in [1.807, 2.05) is 24.3 Å². The largest absolute Gasteiger partial charge is 0.495 e. The standard InChI is InChI=1S/C19H20ClN3O3/c1-12(18(24)23-10-9-13-5-3-4-6-16(13)23)21-19(25)22-15-11-14(20)7-8-17(15)26-2/h3-8,11-12H,9-10H2,1-2H3,(H2,21,22,25)/t12-/m0/s1. The van der Waals surface area contributed by atoms with E-state index >= 15 is 0 Å². The average Bonchev–Trinajstić information content (AvgIpc) is 3.05. The Morgan fingerprint density at radius 3 is 2.77 bits per heavy atom. The molecule has 2 aromatic rings. The van der Waals surface area contributed by atoms with E-state index in [4.69, 9.17) is 16.3 Å². The minimum atomic E-state index is -0.675. The predicted molar refractivity (Wildman–Crippen MR) is 102 cm³/mol. The number of nitrogens with zero attached hydrogens (tertiary/aromatic N) is 1. The van der Waals surface area contributed by atoms with Crippen LogP contribution in [0.15, 0.2) is 42.5 Å². The van der Waals surface area contributed by atoms with Crippen LogP contribution in [0.2, 0.25) is 5.02 Å². The van der Waals surface area contributed by atoms with Crippen LogP contribution in [0.4, 0.5) is 16.2 Å². The highest BCUT2D eigenvalue weighted by Gasteiger charge is 2.28. The molecule has 0 saturated heterocycles.